The third-order valence-corrected chi connectivity index (χ3v) is 3.99. The zero-order chi connectivity index (χ0) is 14.1. The van der Waals surface area contributed by atoms with Gasteiger partial charge < -0.3 is 15.8 Å². The lowest BCUT2D eigenvalue weighted by Gasteiger charge is -2.38. The molecule has 1 amide bonds. The summed E-state index contributed by atoms with van der Waals surface area (Å²) in [6.45, 7) is 9.12. The first-order valence-corrected chi connectivity index (χ1v) is 7.51. The third-order valence-electron chi connectivity index (χ3n) is 3.99. The Balaban J connectivity index is 2.55. The summed E-state index contributed by atoms with van der Waals surface area (Å²) in [6.07, 6.45) is 2.70. The van der Waals surface area contributed by atoms with E-state index in [1.807, 2.05) is 0 Å². The van der Waals surface area contributed by atoms with E-state index in [0.29, 0.717) is 24.9 Å². The summed E-state index contributed by atoms with van der Waals surface area (Å²) in [6, 6.07) is 0.417. The number of nitrogens with one attached hydrogen (secondary N) is 1. The van der Waals surface area contributed by atoms with Crippen molar-refractivity contribution in [2.24, 2.45) is 11.7 Å². The largest absolute Gasteiger partial charge is 0.379 e. The van der Waals surface area contributed by atoms with Gasteiger partial charge in [-0.2, -0.15) is 0 Å². The number of morpholine rings is 1. The molecule has 5 heteroatoms. The van der Waals surface area contributed by atoms with Crippen LogP contribution in [0.4, 0.5) is 0 Å². The lowest BCUT2D eigenvalue weighted by atomic mass is 9.92. The van der Waals surface area contributed by atoms with Crippen LogP contribution >= 0.6 is 0 Å². The Morgan fingerprint density at radius 3 is 2.47 bits per heavy atom. The van der Waals surface area contributed by atoms with Gasteiger partial charge in [-0.25, -0.2) is 0 Å². The number of rotatable bonds is 8. The van der Waals surface area contributed by atoms with Crippen molar-refractivity contribution in [3.63, 3.8) is 0 Å². The van der Waals surface area contributed by atoms with Gasteiger partial charge >= 0.3 is 0 Å². The fraction of sp³-hybridized carbons (Fsp3) is 0.929. The van der Waals surface area contributed by atoms with Crippen LogP contribution in [0.1, 0.15) is 33.1 Å². The fourth-order valence-corrected chi connectivity index (χ4v) is 2.77. The highest BCUT2D eigenvalue weighted by molar-refractivity contribution is 5.76. The van der Waals surface area contributed by atoms with E-state index in [4.69, 9.17) is 10.5 Å². The molecule has 1 fully saturated rings. The third kappa shape index (κ3) is 5.47. The molecule has 112 valence electrons. The standard InChI is InChI=1S/C14H29N3O2/c1-3-12(4-2)13(11-16-14(18)5-6-15)17-7-9-19-10-8-17/h12-13H,3-11,15H2,1-2H3,(H,16,18). The van der Waals surface area contributed by atoms with Gasteiger partial charge in [-0.05, 0) is 5.92 Å². The minimum absolute atomic E-state index is 0.0618. The Kier molecular flexibility index (Phi) is 8.02. The van der Waals surface area contributed by atoms with Crippen molar-refractivity contribution in [1.82, 2.24) is 10.2 Å². The number of hydrogen-bond donors (Lipinski definition) is 2. The Morgan fingerprint density at radius 2 is 1.95 bits per heavy atom. The van der Waals surface area contributed by atoms with Crippen molar-refractivity contribution in [1.29, 1.82) is 0 Å². The summed E-state index contributed by atoms with van der Waals surface area (Å²) < 4.78 is 5.42. The highest BCUT2D eigenvalue weighted by Crippen LogP contribution is 2.19. The van der Waals surface area contributed by atoms with E-state index < -0.39 is 0 Å². The van der Waals surface area contributed by atoms with Gasteiger partial charge in [-0.15, -0.1) is 0 Å². The molecule has 0 radical (unpaired) electrons. The average Bonchev–Trinajstić information content (AvgIpc) is 2.44. The van der Waals surface area contributed by atoms with Crippen LogP contribution in [0.3, 0.4) is 0 Å². The van der Waals surface area contributed by atoms with Gasteiger partial charge in [0, 0.05) is 38.6 Å². The molecular formula is C14H29N3O2. The molecule has 0 aromatic heterocycles. The molecule has 5 nitrogen and oxygen atoms in total. The molecule has 1 heterocycles. The number of nitrogens with zero attached hydrogens (tertiary/aromatic N) is 1. The Labute approximate surface area is 116 Å². The Bertz CT molecular complexity index is 251. The van der Waals surface area contributed by atoms with Crippen molar-refractivity contribution in [3.8, 4) is 0 Å². The smallest absolute Gasteiger partial charge is 0.221 e. The van der Waals surface area contributed by atoms with E-state index in [1.165, 1.54) is 0 Å². The first kappa shape index (κ1) is 16.4. The average molecular weight is 271 g/mol. The molecule has 1 saturated heterocycles. The van der Waals surface area contributed by atoms with E-state index in [2.05, 4.69) is 24.1 Å². The second kappa shape index (κ2) is 9.28. The molecule has 0 aromatic rings. The summed E-state index contributed by atoms with van der Waals surface area (Å²) in [5.74, 6) is 0.683. The first-order chi connectivity index (χ1) is 9.22. The zero-order valence-electron chi connectivity index (χ0n) is 12.4. The normalized spacial score (nSPS) is 18.5. The second-order valence-electron chi connectivity index (χ2n) is 5.14. The molecule has 0 aromatic carbocycles. The molecule has 1 aliphatic heterocycles. The molecule has 0 aliphatic carbocycles. The predicted molar refractivity (Wildman–Crippen MR) is 76.9 cm³/mol. The topological polar surface area (TPSA) is 67.6 Å². The summed E-state index contributed by atoms with van der Waals surface area (Å²) in [7, 11) is 0. The number of hydrogen-bond acceptors (Lipinski definition) is 4. The minimum atomic E-state index is 0.0618. The first-order valence-electron chi connectivity index (χ1n) is 7.51. The van der Waals surface area contributed by atoms with E-state index in [-0.39, 0.29) is 5.91 Å². The number of carbonyl (C=O) groups excluding carboxylic acids is 1. The summed E-state index contributed by atoms with van der Waals surface area (Å²) in [5.41, 5.74) is 5.40. The van der Waals surface area contributed by atoms with Crippen LogP contribution in [-0.2, 0) is 9.53 Å². The molecular weight excluding hydrogens is 242 g/mol. The Morgan fingerprint density at radius 1 is 1.32 bits per heavy atom. The molecule has 1 rings (SSSR count). The molecule has 0 spiro atoms. The number of ether oxygens (including phenoxy) is 1. The zero-order valence-corrected chi connectivity index (χ0v) is 12.4. The fourth-order valence-electron chi connectivity index (χ4n) is 2.77. The van der Waals surface area contributed by atoms with Crippen LogP contribution in [0.15, 0.2) is 0 Å². The minimum Gasteiger partial charge on any atom is -0.379 e. The van der Waals surface area contributed by atoms with Gasteiger partial charge in [0.2, 0.25) is 5.91 Å². The van der Waals surface area contributed by atoms with Crippen molar-refractivity contribution < 1.29 is 9.53 Å². The molecule has 1 atom stereocenters. The lowest BCUT2D eigenvalue weighted by molar-refractivity contribution is -0.121. The molecule has 1 aliphatic rings. The number of nitrogens with two attached hydrogens (primary N) is 1. The predicted octanol–water partition coefficient (Wildman–Crippen LogP) is 0.588. The van der Waals surface area contributed by atoms with Gasteiger partial charge in [-0.1, -0.05) is 26.7 Å². The quantitative estimate of drug-likeness (QED) is 0.678. The molecule has 3 N–H and O–H groups in total. The molecule has 1 unspecified atom stereocenters. The molecule has 0 bridgehead atoms. The maximum atomic E-state index is 11.6. The Hall–Kier alpha value is -0.650. The van der Waals surface area contributed by atoms with Crippen LogP contribution in [0.5, 0.6) is 0 Å². The highest BCUT2D eigenvalue weighted by atomic mass is 16.5. The van der Waals surface area contributed by atoms with E-state index in [9.17, 15) is 4.79 Å². The van der Waals surface area contributed by atoms with Crippen molar-refractivity contribution >= 4 is 5.91 Å². The van der Waals surface area contributed by atoms with Crippen LogP contribution in [-0.4, -0.2) is 56.2 Å². The summed E-state index contributed by atoms with van der Waals surface area (Å²) >= 11 is 0. The van der Waals surface area contributed by atoms with Gasteiger partial charge in [0.25, 0.3) is 0 Å². The SMILES string of the molecule is CCC(CC)C(CNC(=O)CCN)N1CCOCC1. The van der Waals surface area contributed by atoms with Crippen molar-refractivity contribution in [3.05, 3.63) is 0 Å². The van der Waals surface area contributed by atoms with Crippen LogP contribution in [0.2, 0.25) is 0 Å². The van der Waals surface area contributed by atoms with E-state index >= 15 is 0 Å². The van der Waals surface area contributed by atoms with Crippen molar-refractivity contribution in [2.75, 3.05) is 39.4 Å². The van der Waals surface area contributed by atoms with Gasteiger partial charge in [-0.3, -0.25) is 9.69 Å². The maximum absolute atomic E-state index is 11.6. The van der Waals surface area contributed by atoms with Crippen LogP contribution in [0.25, 0.3) is 0 Å². The van der Waals surface area contributed by atoms with E-state index in [1.54, 1.807) is 0 Å². The van der Waals surface area contributed by atoms with Crippen LogP contribution in [0, 0.1) is 5.92 Å². The summed E-state index contributed by atoms with van der Waals surface area (Å²) in [4.78, 5) is 14.1. The van der Waals surface area contributed by atoms with Gasteiger partial charge in [0.05, 0.1) is 13.2 Å². The number of carbonyl (C=O) groups is 1. The highest BCUT2D eigenvalue weighted by Gasteiger charge is 2.27. The van der Waals surface area contributed by atoms with E-state index in [0.717, 1.165) is 45.7 Å². The maximum Gasteiger partial charge on any atom is 0.221 e. The van der Waals surface area contributed by atoms with Gasteiger partial charge in [0.1, 0.15) is 0 Å². The molecule has 0 saturated carbocycles. The summed E-state index contributed by atoms with van der Waals surface area (Å²) in [5, 5.41) is 3.03. The monoisotopic (exact) mass is 271 g/mol. The second-order valence-corrected chi connectivity index (χ2v) is 5.14. The lowest BCUT2D eigenvalue weighted by Crippen LogP contribution is -2.52. The number of amides is 1. The van der Waals surface area contributed by atoms with Crippen LogP contribution < -0.4 is 11.1 Å². The van der Waals surface area contributed by atoms with Crippen molar-refractivity contribution in [2.45, 2.75) is 39.2 Å². The van der Waals surface area contributed by atoms with Gasteiger partial charge in [0.15, 0.2) is 0 Å². The molecule has 19 heavy (non-hydrogen) atoms.